The maximum absolute atomic E-state index is 14.2. The predicted molar refractivity (Wildman–Crippen MR) is 102 cm³/mol. The largest absolute Gasteiger partial charge is 0.465 e. The summed E-state index contributed by atoms with van der Waals surface area (Å²) in [5, 5.41) is 0. The lowest BCUT2D eigenvalue weighted by Crippen LogP contribution is -2.40. The fourth-order valence-electron chi connectivity index (χ4n) is 2.63. The van der Waals surface area contributed by atoms with Crippen LogP contribution in [0.1, 0.15) is 39.3 Å². The van der Waals surface area contributed by atoms with Crippen LogP contribution in [0.4, 0.5) is 26.3 Å². The summed E-state index contributed by atoms with van der Waals surface area (Å²) in [6.45, 7) is 5.37. The first kappa shape index (κ1) is 25.0. The minimum Gasteiger partial charge on any atom is -0.465 e. The Labute approximate surface area is 179 Å². The van der Waals surface area contributed by atoms with Gasteiger partial charge in [0.15, 0.2) is 23.3 Å². The second kappa shape index (κ2) is 10.4. The van der Waals surface area contributed by atoms with Crippen molar-refractivity contribution in [2.75, 3.05) is 6.61 Å². The first-order valence-corrected chi connectivity index (χ1v) is 10.2. The molecule has 0 amide bonds. The smallest absolute Gasteiger partial charge is 0.327 e. The first-order chi connectivity index (χ1) is 14.7. The number of rotatable bonds is 7. The van der Waals surface area contributed by atoms with Gasteiger partial charge in [-0.2, -0.15) is 0 Å². The third-order valence-electron chi connectivity index (χ3n) is 4.32. The monoisotopic (exact) mass is 466 g/mol. The molecule has 4 nitrogen and oxygen atoms in total. The highest BCUT2D eigenvalue weighted by Gasteiger charge is 2.57. The van der Waals surface area contributed by atoms with Gasteiger partial charge in [0.2, 0.25) is 5.82 Å². The molecule has 0 unspecified atom stereocenters. The van der Waals surface area contributed by atoms with Gasteiger partial charge in [0.1, 0.15) is 16.3 Å². The lowest BCUT2D eigenvalue weighted by molar-refractivity contribution is -0.149. The molecule has 0 N–H and O–H groups in total. The molecule has 1 aromatic heterocycles. The Morgan fingerprint density at radius 3 is 2.03 bits per heavy atom. The van der Waals surface area contributed by atoms with E-state index in [4.69, 9.17) is 4.74 Å². The first-order valence-electron chi connectivity index (χ1n) is 9.46. The Morgan fingerprint density at radius 1 is 1.03 bits per heavy atom. The summed E-state index contributed by atoms with van der Waals surface area (Å²) >= 11 is 0.204. The van der Waals surface area contributed by atoms with E-state index in [0.717, 1.165) is 16.6 Å². The minimum absolute atomic E-state index is 0.0381. The number of aromatic nitrogens is 1. The molecular formula is C20H20F6N2O2S. The minimum atomic E-state index is -2.28. The average Bonchev–Trinajstić information content (AvgIpc) is 3.58. The molecule has 0 saturated heterocycles. The molecule has 3 rings (SSSR count). The number of esters is 1. The standard InChI is InChI=1S/C18H14F6N2O2S.C2H6/c1-2-28-17(27)18(5-6-18)26(8-10-4-3-9(19)7-25-10)29-16-14(23)12(21)11(20)13(22)15(16)24;1-2/h3-4,7H,2,5-6,8H2,1H3;1-2H3. The van der Waals surface area contributed by atoms with Crippen molar-refractivity contribution in [1.82, 2.24) is 9.29 Å². The van der Waals surface area contributed by atoms with E-state index in [9.17, 15) is 31.1 Å². The van der Waals surface area contributed by atoms with Crippen molar-refractivity contribution >= 4 is 17.9 Å². The summed E-state index contributed by atoms with van der Waals surface area (Å²) in [5.41, 5.74) is -1.10. The van der Waals surface area contributed by atoms with Crippen LogP contribution < -0.4 is 0 Å². The van der Waals surface area contributed by atoms with Crippen molar-refractivity contribution < 1.29 is 35.9 Å². The molecule has 0 atom stereocenters. The van der Waals surface area contributed by atoms with E-state index in [1.807, 2.05) is 13.8 Å². The molecule has 1 aliphatic rings. The fourth-order valence-corrected chi connectivity index (χ4v) is 3.82. The van der Waals surface area contributed by atoms with E-state index in [1.165, 1.54) is 6.07 Å². The van der Waals surface area contributed by atoms with Crippen molar-refractivity contribution in [3.8, 4) is 0 Å². The van der Waals surface area contributed by atoms with E-state index in [-0.39, 0.29) is 43.6 Å². The normalized spacial score (nSPS) is 14.1. The number of hydrogen-bond donors (Lipinski definition) is 0. The van der Waals surface area contributed by atoms with E-state index in [2.05, 4.69) is 4.98 Å². The Balaban J connectivity index is 0.00000166. The van der Waals surface area contributed by atoms with E-state index < -0.39 is 51.3 Å². The zero-order valence-electron chi connectivity index (χ0n) is 16.9. The molecular weight excluding hydrogens is 446 g/mol. The third kappa shape index (κ3) is 5.15. The van der Waals surface area contributed by atoms with E-state index in [0.29, 0.717) is 0 Å². The van der Waals surface area contributed by atoms with Crippen molar-refractivity contribution in [3.63, 3.8) is 0 Å². The Hall–Kier alpha value is -2.27. The van der Waals surface area contributed by atoms with Crippen LogP contribution in [0, 0.1) is 34.9 Å². The van der Waals surface area contributed by atoms with Gasteiger partial charge in [0.05, 0.1) is 25.0 Å². The van der Waals surface area contributed by atoms with Crippen LogP contribution in [0.15, 0.2) is 23.2 Å². The molecule has 0 aliphatic heterocycles. The molecule has 11 heteroatoms. The van der Waals surface area contributed by atoms with E-state index in [1.54, 1.807) is 6.92 Å². The molecule has 1 heterocycles. The molecule has 0 bridgehead atoms. The average molecular weight is 466 g/mol. The SMILES string of the molecule is CC.CCOC(=O)C1(N(Cc2ccc(F)cn2)Sc2c(F)c(F)c(F)c(F)c2F)CC1. The van der Waals surface area contributed by atoms with Crippen molar-refractivity contribution in [1.29, 1.82) is 0 Å². The highest BCUT2D eigenvalue weighted by molar-refractivity contribution is 7.97. The maximum atomic E-state index is 14.2. The summed E-state index contributed by atoms with van der Waals surface area (Å²) < 4.78 is 88.1. The van der Waals surface area contributed by atoms with Gasteiger partial charge in [-0.1, -0.05) is 13.8 Å². The highest BCUT2D eigenvalue weighted by Crippen LogP contribution is 2.49. The molecule has 1 aromatic carbocycles. The number of carbonyl (C=O) groups is 1. The lowest BCUT2D eigenvalue weighted by atomic mass is 10.2. The molecule has 1 aliphatic carbocycles. The number of ether oxygens (including phenoxy) is 1. The summed E-state index contributed by atoms with van der Waals surface area (Å²) in [6.07, 6.45) is 1.39. The zero-order valence-corrected chi connectivity index (χ0v) is 17.8. The molecule has 0 radical (unpaired) electrons. The molecule has 1 saturated carbocycles. The zero-order chi connectivity index (χ0) is 23.3. The highest BCUT2D eigenvalue weighted by atomic mass is 32.2. The van der Waals surface area contributed by atoms with Gasteiger partial charge in [0, 0.05) is 0 Å². The van der Waals surface area contributed by atoms with Crippen LogP contribution in [0.5, 0.6) is 0 Å². The van der Waals surface area contributed by atoms with Gasteiger partial charge < -0.3 is 4.74 Å². The van der Waals surface area contributed by atoms with Gasteiger partial charge in [-0.3, -0.25) is 9.78 Å². The number of pyridine rings is 1. The van der Waals surface area contributed by atoms with Crippen molar-refractivity contribution in [2.24, 2.45) is 0 Å². The number of halogens is 6. The van der Waals surface area contributed by atoms with Crippen LogP contribution in [0.25, 0.3) is 0 Å². The van der Waals surface area contributed by atoms with Crippen LogP contribution >= 0.6 is 11.9 Å². The van der Waals surface area contributed by atoms with E-state index >= 15 is 0 Å². The number of nitrogens with zero attached hydrogens (tertiary/aromatic N) is 2. The Morgan fingerprint density at radius 2 is 1.58 bits per heavy atom. The quantitative estimate of drug-likeness (QED) is 0.176. The number of hydrogen-bond acceptors (Lipinski definition) is 5. The summed E-state index contributed by atoms with van der Waals surface area (Å²) in [4.78, 5) is 15.1. The lowest BCUT2D eigenvalue weighted by Gasteiger charge is -2.29. The van der Waals surface area contributed by atoms with Gasteiger partial charge in [-0.05, 0) is 43.8 Å². The van der Waals surface area contributed by atoms with Gasteiger partial charge >= 0.3 is 5.97 Å². The number of benzene rings is 1. The van der Waals surface area contributed by atoms with Gasteiger partial charge in [-0.15, -0.1) is 0 Å². The fraction of sp³-hybridized carbons (Fsp3) is 0.400. The van der Waals surface area contributed by atoms with Crippen molar-refractivity contribution in [2.45, 2.75) is 50.6 Å². The van der Waals surface area contributed by atoms with Crippen LogP contribution in [0.2, 0.25) is 0 Å². The summed E-state index contributed by atoms with van der Waals surface area (Å²) in [7, 11) is 0. The second-order valence-corrected chi connectivity index (χ2v) is 7.28. The third-order valence-corrected chi connectivity index (χ3v) is 5.56. The summed E-state index contributed by atoms with van der Waals surface area (Å²) in [6, 6.07) is 2.37. The molecule has 0 spiro atoms. The summed E-state index contributed by atoms with van der Waals surface area (Å²) in [5.74, 6) is -11.8. The van der Waals surface area contributed by atoms with Crippen molar-refractivity contribution in [3.05, 3.63) is 58.9 Å². The molecule has 2 aromatic rings. The topological polar surface area (TPSA) is 42.4 Å². The molecule has 170 valence electrons. The molecule has 1 fully saturated rings. The Kier molecular flexibility index (Phi) is 8.35. The number of carbonyl (C=O) groups excluding carboxylic acids is 1. The Bertz CT molecular complexity index is 909. The van der Waals surface area contributed by atoms with Crippen LogP contribution in [0.3, 0.4) is 0 Å². The second-order valence-electron chi connectivity index (χ2n) is 6.25. The van der Waals surface area contributed by atoms with Gasteiger partial charge in [0.25, 0.3) is 0 Å². The predicted octanol–water partition coefficient (Wildman–Crippen LogP) is 5.55. The van der Waals surface area contributed by atoms with Crippen LogP contribution in [-0.2, 0) is 16.1 Å². The maximum Gasteiger partial charge on any atom is 0.327 e. The molecule has 31 heavy (non-hydrogen) atoms. The van der Waals surface area contributed by atoms with Crippen LogP contribution in [-0.4, -0.2) is 27.4 Å². The van der Waals surface area contributed by atoms with Gasteiger partial charge in [-0.25, -0.2) is 30.6 Å².